The number of carbonyl (C=O) groups is 2. The molecule has 0 bridgehead atoms. The van der Waals surface area contributed by atoms with E-state index < -0.39 is 5.54 Å². The van der Waals surface area contributed by atoms with E-state index >= 15 is 0 Å². The minimum absolute atomic E-state index is 0.0707. The number of ether oxygens (including phenoxy) is 1. The minimum atomic E-state index is -0.826. The fourth-order valence-corrected chi connectivity index (χ4v) is 6.00. The first-order valence-electron chi connectivity index (χ1n) is 14.0. The van der Waals surface area contributed by atoms with Crippen molar-refractivity contribution >= 4 is 23.4 Å². The van der Waals surface area contributed by atoms with Crippen LogP contribution in [-0.2, 0) is 15.1 Å². The van der Waals surface area contributed by atoms with E-state index in [-0.39, 0.29) is 17.9 Å². The van der Waals surface area contributed by atoms with Crippen LogP contribution in [0.3, 0.4) is 0 Å². The summed E-state index contributed by atoms with van der Waals surface area (Å²) in [4.78, 5) is 26.0. The molecule has 0 aliphatic heterocycles. The molecule has 1 fully saturated rings. The van der Waals surface area contributed by atoms with E-state index in [1.807, 2.05) is 55.6 Å². The van der Waals surface area contributed by atoms with E-state index in [0.717, 1.165) is 36.9 Å². The van der Waals surface area contributed by atoms with Gasteiger partial charge in [0, 0.05) is 43.8 Å². The van der Waals surface area contributed by atoms with Crippen molar-refractivity contribution < 1.29 is 14.3 Å². The van der Waals surface area contributed by atoms with Crippen molar-refractivity contribution in [2.75, 3.05) is 27.3 Å². The number of halogens is 1. The Morgan fingerprint density at radius 3 is 2.42 bits per heavy atom. The van der Waals surface area contributed by atoms with Crippen molar-refractivity contribution in [1.29, 1.82) is 0 Å². The number of carbonyl (C=O) groups excluding carboxylic acids is 2. The van der Waals surface area contributed by atoms with E-state index in [1.165, 1.54) is 39.0 Å². The summed E-state index contributed by atoms with van der Waals surface area (Å²) in [6.07, 6.45) is 9.68. The second-order valence-electron chi connectivity index (χ2n) is 10.6. The van der Waals surface area contributed by atoms with E-state index in [2.05, 4.69) is 16.0 Å². The average Bonchev–Trinajstić information content (AvgIpc) is 2.91. The molecule has 0 saturated heterocycles. The summed E-state index contributed by atoms with van der Waals surface area (Å²) in [5, 5.41) is 10.4. The van der Waals surface area contributed by atoms with Gasteiger partial charge in [0.15, 0.2) is 0 Å². The lowest BCUT2D eigenvalue weighted by Crippen LogP contribution is -2.46. The molecule has 2 aromatic rings. The first-order valence-corrected chi connectivity index (χ1v) is 14.4. The Labute approximate surface area is 233 Å². The van der Waals surface area contributed by atoms with E-state index in [0.29, 0.717) is 29.5 Å². The van der Waals surface area contributed by atoms with Crippen molar-refractivity contribution in [1.82, 2.24) is 16.0 Å². The van der Waals surface area contributed by atoms with Gasteiger partial charge >= 0.3 is 0 Å². The Morgan fingerprint density at radius 1 is 1.05 bits per heavy atom. The highest BCUT2D eigenvalue weighted by Gasteiger charge is 2.35. The van der Waals surface area contributed by atoms with Gasteiger partial charge in [-0.3, -0.25) is 9.59 Å². The lowest BCUT2D eigenvalue weighted by molar-refractivity contribution is -0.120. The third-order valence-electron chi connectivity index (χ3n) is 7.60. The largest absolute Gasteiger partial charge is 0.385 e. The maximum absolute atomic E-state index is 13.5. The van der Waals surface area contributed by atoms with Gasteiger partial charge in [-0.2, -0.15) is 0 Å². The molecule has 1 saturated carbocycles. The van der Waals surface area contributed by atoms with Crippen LogP contribution in [0.15, 0.2) is 48.5 Å². The van der Waals surface area contributed by atoms with Crippen LogP contribution in [0.1, 0.15) is 86.2 Å². The van der Waals surface area contributed by atoms with Crippen molar-refractivity contribution in [3.05, 3.63) is 70.2 Å². The monoisotopic (exact) mass is 541 g/mol. The summed E-state index contributed by atoms with van der Waals surface area (Å²) >= 11 is 6.40. The lowest BCUT2D eigenvalue weighted by atomic mass is 9.78. The second kappa shape index (κ2) is 15.2. The number of hydrogen-bond acceptors (Lipinski definition) is 4. The number of amides is 2. The summed E-state index contributed by atoms with van der Waals surface area (Å²) in [5.41, 5.74) is 1.51. The predicted molar refractivity (Wildman–Crippen MR) is 155 cm³/mol. The molecule has 208 valence electrons. The quantitative estimate of drug-likeness (QED) is 0.263. The molecule has 3 N–H and O–H groups in total. The molecular formula is C31H44ClN3O3. The highest BCUT2D eigenvalue weighted by molar-refractivity contribution is 6.30. The molecule has 1 unspecified atom stereocenters. The highest BCUT2D eigenvalue weighted by Crippen LogP contribution is 2.36. The van der Waals surface area contributed by atoms with E-state index in [4.69, 9.17) is 16.3 Å². The van der Waals surface area contributed by atoms with Gasteiger partial charge in [0.1, 0.15) is 0 Å². The lowest BCUT2D eigenvalue weighted by Gasteiger charge is -2.36. The molecule has 2 atom stereocenters. The molecule has 6 nitrogen and oxygen atoms in total. The van der Waals surface area contributed by atoms with Crippen LogP contribution in [0.25, 0.3) is 0 Å². The molecule has 38 heavy (non-hydrogen) atoms. The molecule has 2 amide bonds. The SMILES string of the molecule is CNC[C@H](CC1CCCCC1)NC(=O)c1cccc(C(CCCCOC)(NC(C)=O)c2cccc(Cl)c2)c1. The summed E-state index contributed by atoms with van der Waals surface area (Å²) in [6, 6.07) is 15.3. The Morgan fingerprint density at radius 2 is 1.76 bits per heavy atom. The average molecular weight is 542 g/mol. The molecule has 1 aliphatic rings. The van der Waals surface area contributed by atoms with Crippen molar-refractivity contribution in [3.8, 4) is 0 Å². The van der Waals surface area contributed by atoms with Gasteiger partial charge in [-0.15, -0.1) is 0 Å². The summed E-state index contributed by atoms with van der Waals surface area (Å²) < 4.78 is 5.26. The number of hydrogen-bond donors (Lipinski definition) is 3. The number of unbranched alkanes of at least 4 members (excludes halogenated alkanes) is 1. The first kappa shape index (κ1) is 30.1. The number of nitrogens with one attached hydrogen (secondary N) is 3. The maximum Gasteiger partial charge on any atom is 0.251 e. The number of methoxy groups -OCH3 is 1. The first-order chi connectivity index (χ1) is 18.4. The summed E-state index contributed by atoms with van der Waals surface area (Å²) in [5.74, 6) is 0.425. The molecule has 1 aliphatic carbocycles. The van der Waals surface area contributed by atoms with Gasteiger partial charge in [-0.25, -0.2) is 0 Å². The number of benzene rings is 2. The Kier molecular flexibility index (Phi) is 12.1. The molecule has 7 heteroatoms. The smallest absolute Gasteiger partial charge is 0.251 e. The van der Waals surface area contributed by atoms with Gasteiger partial charge in [-0.05, 0) is 74.0 Å². The Hall–Kier alpha value is -2.41. The highest BCUT2D eigenvalue weighted by atomic mass is 35.5. The van der Waals surface area contributed by atoms with Gasteiger partial charge in [0.25, 0.3) is 5.91 Å². The number of rotatable bonds is 14. The van der Waals surface area contributed by atoms with Gasteiger partial charge in [0.2, 0.25) is 5.91 Å². The zero-order chi connectivity index (χ0) is 27.4. The maximum atomic E-state index is 13.5. The molecular weight excluding hydrogens is 498 g/mol. The molecule has 3 rings (SSSR count). The normalized spacial score (nSPS) is 16.4. The Balaban J connectivity index is 1.92. The van der Waals surface area contributed by atoms with Crippen LogP contribution in [0, 0.1) is 5.92 Å². The van der Waals surface area contributed by atoms with Crippen LogP contribution in [0.4, 0.5) is 0 Å². The topological polar surface area (TPSA) is 79.5 Å². The van der Waals surface area contributed by atoms with Gasteiger partial charge < -0.3 is 20.7 Å². The fraction of sp³-hybridized carbons (Fsp3) is 0.548. The van der Waals surface area contributed by atoms with Crippen molar-refractivity contribution in [3.63, 3.8) is 0 Å². The number of likely N-dealkylation sites (N-methyl/N-ethyl adjacent to an activating group) is 1. The standard InChI is InChI=1S/C31H44ClN3O3/c1-23(36)35-31(17-7-8-18-38-3,27-15-10-16-28(32)21-27)26-14-9-13-25(20-26)30(37)34-29(22-33-2)19-24-11-5-4-6-12-24/h9-10,13-16,20-21,24,29,33H,4-8,11-12,17-19,22H2,1-3H3,(H,34,37)(H,35,36)/t29-,31?/m0/s1. The third-order valence-corrected chi connectivity index (χ3v) is 7.84. The van der Waals surface area contributed by atoms with Crippen LogP contribution < -0.4 is 16.0 Å². The van der Waals surface area contributed by atoms with Gasteiger partial charge in [0.05, 0.1) is 5.54 Å². The molecule has 0 spiro atoms. The molecule has 0 aromatic heterocycles. The minimum Gasteiger partial charge on any atom is -0.385 e. The van der Waals surface area contributed by atoms with Crippen LogP contribution in [-0.4, -0.2) is 45.2 Å². The van der Waals surface area contributed by atoms with Crippen molar-refractivity contribution in [2.45, 2.75) is 76.3 Å². The van der Waals surface area contributed by atoms with Crippen LogP contribution in [0.2, 0.25) is 5.02 Å². The van der Waals surface area contributed by atoms with Crippen LogP contribution >= 0.6 is 11.6 Å². The Bertz CT molecular complexity index is 1040. The zero-order valence-corrected chi connectivity index (χ0v) is 23.9. The fourth-order valence-electron chi connectivity index (χ4n) is 5.81. The molecule has 2 aromatic carbocycles. The molecule has 0 radical (unpaired) electrons. The summed E-state index contributed by atoms with van der Waals surface area (Å²) in [6.45, 7) is 2.90. The molecule has 0 heterocycles. The van der Waals surface area contributed by atoms with Crippen molar-refractivity contribution in [2.24, 2.45) is 5.92 Å². The van der Waals surface area contributed by atoms with Gasteiger partial charge in [-0.1, -0.05) is 68.0 Å². The predicted octanol–water partition coefficient (Wildman–Crippen LogP) is 5.82. The second-order valence-corrected chi connectivity index (χ2v) is 11.0. The van der Waals surface area contributed by atoms with E-state index in [9.17, 15) is 9.59 Å². The zero-order valence-electron chi connectivity index (χ0n) is 23.2. The van der Waals surface area contributed by atoms with E-state index in [1.54, 1.807) is 7.11 Å². The third kappa shape index (κ3) is 8.55. The van der Waals surface area contributed by atoms with Crippen LogP contribution in [0.5, 0.6) is 0 Å². The summed E-state index contributed by atoms with van der Waals surface area (Å²) in [7, 11) is 3.62.